The first-order valence-corrected chi connectivity index (χ1v) is 10.5. The monoisotopic (exact) mass is 455 g/mol. The van der Waals surface area contributed by atoms with Crippen molar-refractivity contribution in [1.82, 2.24) is 34.1 Å². The van der Waals surface area contributed by atoms with Crippen LogP contribution in [0, 0.1) is 24.3 Å². The minimum atomic E-state index is 0.329. The molecule has 1 aliphatic heterocycles. The van der Waals surface area contributed by atoms with Gasteiger partial charge in [-0.3, -0.25) is 4.57 Å². The Morgan fingerprint density at radius 3 is 2.94 bits per heavy atom. The Balaban J connectivity index is 1.67. The molecule has 3 aromatic heterocycles. The fourth-order valence-corrected chi connectivity index (χ4v) is 3.99. The van der Waals surface area contributed by atoms with Crippen molar-refractivity contribution in [2.24, 2.45) is 0 Å². The van der Waals surface area contributed by atoms with Gasteiger partial charge in [-0.1, -0.05) is 30.0 Å². The van der Waals surface area contributed by atoms with Gasteiger partial charge in [-0.05, 0) is 37.1 Å². The summed E-state index contributed by atoms with van der Waals surface area (Å²) >= 11 is 6.31. The van der Waals surface area contributed by atoms with E-state index < -0.39 is 0 Å². The number of rotatable bonds is 3. The molecule has 0 amide bonds. The van der Waals surface area contributed by atoms with Gasteiger partial charge in [-0.2, -0.15) is 9.78 Å². The minimum absolute atomic E-state index is 0.329. The van der Waals surface area contributed by atoms with Crippen LogP contribution in [0.1, 0.15) is 35.4 Å². The molecule has 1 aliphatic rings. The van der Waals surface area contributed by atoms with E-state index in [0.29, 0.717) is 35.5 Å². The third-order valence-electron chi connectivity index (χ3n) is 5.30. The number of nitrogens with zero attached hydrogens (tertiary/aromatic N) is 7. The van der Waals surface area contributed by atoms with E-state index in [4.69, 9.17) is 22.8 Å². The first kappa shape index (κ1) is 20.8. The highest BCUT2D eigenvalue weighted by Gasteiger charge is 2.25. The van der Waals surface area contributed by atoms with Crippen molar-refractivity contribution in [1.29, 1.82) is 0 Å². The molecule has 0 aliphatic carbocycles. The number of terminal acetylenes is 1. The molecule has 4 heterocycles. The molecule has 0 saturated heterocycles. The van der Waals surface area contributed by atoms with Crippen molar-refractivity contribution >= 4 is 17.7 Å². The summed E-state index contributed by atoms with van der Waals surface area (Å²) in [4.78, 5) is 4.60. The zero-order valence-corrected chi connectivity index (χ0v) is 18.7. The van der Waals surface area contributed by atoms with E-state index in [1.165, 1.54) is 4.68 Å². The van der Waals surface area contributed by atoms with Gasteiger partial charge in [0.25, 0.3) is 0 Å². The van der Waals surface area contributed by atoms with Gasteiger partial charge in [0.05, 0.1) is 35.4 Å². The Bertz CT molecular complexity index is 1500. The Morgan fingerprint density at radius 1 is 1.27 bits per heavy atom. The fourth-order valence-electron chi connectivity index (χ4n) is 3.82. The number of methoxy groups -OCH3 is 1. The van der Waals surface area contributed by atoms with Crippen molar-refractivity contribution in [3.8, 4) is 41.4 Å². The second-order valence-corrected chi connectivity index (χ2v) is 7.70. The van der Waals surface area contributed by atoms with Crippen molar-refractivity contribution in [3.05, 3.63) is 70.3 Å². The molecule has 0 fully saturated rings. The Hall–Kier alpha value is -4.11. The summed E-state index contributed by atoms with van der Waals surface area (Å²) < 4.78 is 10.8. The highest BCUT2D eigenvalue weighted by Crippen LogP contribution is 2.34. The van der Waals surface area contributed by atoms with Crippen molar-refractivity contribution < 1.29 is 4.74 Å². The standard InChI is InChI=1S/C24H18ClN7O/c1-4-6-20-16(12-27-32(20)5-2)7-9-19-22-13-30-23(14-33-3)28-29-24(30)18-11-17(25)8-10-21(18)31(22)15-26-19/h2,4,6,8,10-12,15H,13-14H2,1,3H3/b6-4-. The maximum atomic E-state index is 6.31. The molecule has 0 atom stereocenters. The smallest absolute Gasteiger partial charge is 0.166 e. The van der Waals surface area contributed by atoms with Gasteiger partial charge in [-0.25, -0.2) is 4.98 Å². The van der Waals surface area contributed by atoms with Gasteiger partial charge in [0, 0.05) is 23.7 Å². The molecule has 162 valence electrons. The number of halogens is 1. The van der Waals surface area contributed by atoms with Gasteiger partial charge in [0.2, 0.25) is 0 Å². The molecule has 0 radical (unpaired) electrons. The van der Waals surface area contributed by atoms with Crippen molar-refractivity contribution in [2.45, 2.75) is 20.1 Å². The second kappa shape index (κ2) is 8.44. The molecule has 5 rings (SSSR count). The van der Waals surface area contributed by atoms with E-state index in [1.807, 2.05) is 46.4 Å². The summed E-state index contributed by atoms with van der Waals surface area (Å²) in [5.41, 5.74) is 4.78. The van der Waals surface area contributed by atoms with E-state index in [9.17, 15) is 0 Å². The van der Waals surface area contributed by atoms with E-state index in [2.05, 4.69) is 38.2 Å². The maximum Gasteiger partial charge on any atom is 0.166 e. The average Bonchev–Trinajstić information content (AvgIpc) is 3.49. The Labute approximate surface area is 195 Å². The molecule has 1 aromatic carbocycles. The lowest BCUT2D eigenvalue weighted by atomic mass is 10.1. The molecule has 0 N–H and O–H groups in total. The molecule has 0 unspecified atom stereocenters. The maximum absolute atomic E-state index is 6.31. The number of allylic oxidation sites excluding steroid dienone is 1. The topological polar surface area (TPSA) is 75.6 Å². The molecule has 8 nitrogen and oxygen atoms in total. The van der Waals surface area contributed by atoms with E-state index >= 15 is 0 Å². The van der Waals surface area contributed by atoms with Gasteiger partial charge >= 0.3 is 0 Å². The summed E-state index contributed by atoms with van der Waals surface area (Å²) in [6.07, 6.45) is 12.7. The zero-order chi connectivity index (χ0) is 22.9. The van der Waals surface area contributed by atoms with Crippen LogP contribution in [0.25, 0.3) is 23.2 Å². The van der Waals surface area contributed by atoms with Crippen LogP contribution in [0.4, 0.5) is 0 Å². The second-order valence-electron chi connectivity index (χ2n) is 7.26. The van der Waals surface area contributed by atoms with E-state index in [0.717, 1.165) is 28.2 Å². The van der Waals surface area contributed by atoms with E-state index in [1.54, 1.807) is 19.6 Å². The number of hydrogen-bond acceptors (Lipinski definition) is 5. The highest BCUT2D eigenvalue weighted by atomic mass is 35.5. The molecule has 0 spiro atoms. The van der Waals surface area contributed by atoms with Crippen molar-refractivity contribution in [2.75, 3.05) is 7.11 Å². The van der Waals surface area contributed by atoms with Crippen LogP contribution in [-0.4, -0.2) is 41.2 Å². The average molecular weight is 456 g/mol. The first-order chi connectivity index (χ1) is 16.1. The number of fused-ring (bicyclic) bond motifs is 5. The molecule has 33 heavy (non-hydrogen) atoms. The number of imidazole rings is 1. The first-order valence-electron chi connectivity index (χ1n) is 10.1. The van der Waals surface area contributed by atoms with Gasteiger partial charge < -0.3 is 9.30 Å². The summed E-state index contributed by atoms with van der Waals surface area (Å²) in [7, 11) is 1.63. The van der Waals surface area contributed by atoms with Crippen LogP contribution in [0.5, 0.6) is 0 Å². The van der Waals surface area contributed by atoms with Gasteiger partial charge in [-0.15, -0.1) is 10.2 Å². The SMILES string of the molecule is C#Cn1ncc(C#Cc2ncn3c2Cn2c(COC)nnc2-c2cc(Cl)ccc2-3)c1/C=C\C. The fraction of sp³-hybridized carbons (Fsp3) is 0.167. The van der Waals surface area contributed by atoms with Gasteiger partial charge in [0.15, 0.2) is 11.6 Å². The van der Waals surface area contributed by atoms with Crippen LogP contribution >= 0.6 is 11.6 Å². The summed E-state index contributed by atoms with van der Waals surface area (Å²) in [5, 5.41) is 13.6. The largest absolute Gasteiger partial charge is 0.377 e. The third kappa shape index (κ3) is 3.52. The van der Waals surface area contributed by atoms with Gasteiger partial charge in [0.1, 0.15) is 18.6 Å². The Kier molecular flexibility index (Phi) is 5.31. The number of aromatic nitrogens is 7. The number of ether oxygens (including phenoxy) is 1. The lowest BCUT2D eigenvalue weighted by Crippen LogP contribution is -2.09. The van der Waals surface area contributed by atoms with Crippen LogP contribution in [0.3, 0.4) is 0 Å². The highest BCUT2D eigenvalue weighted by molar-refractivity contribution is 6.31. The predicted molar refractivity (Wildman–Crippen MR) is 125 cm³/mol. The van der Waals surface area contributed by atoms with Crippen LogP contribution in [0.2, 0.25) is 5.02 Å². The normalized spacial score (nSPS) is 11.8. The third-order valence-corrected chi connectivity index (χ3v) is 5.54. The summed E-state index contributed by atoms with van der Waals surface area (Å²) in [6.45, 7) is 2.72. The molecular formula is C24H18ClN7O. The van der Waals surface area contributed by atoms with Crippen LogP contribution in [-0.2, 0) is 17.9 Å². The lowest BCUT2D eigenvalue weighted by Gasteiger charge is -2.08. The van der Waals surface area contributed by atoms with Crippen LogP contribution in [0.15, 0.2) is 36.8 Å². The molecule has 9 heteroatoms. The Morgan fingerprint density at radius 2 is 2.15 bits per heavy atom. The molecule has 4 aromatic rings. The lowest BCUT2D eigenvalue weighted by molar-refractivity contribution is 0.174. The number of benzene rings is 1. The molecular weight excluding hydrogens is 438 g/mol. The quantitative estimate of drug-likeness (QED) is 0.390. The number of hydrogen-bond donors (Lipinski definition) is 0. The molecule has 0 bridgehead atoms. The minimum Gasteiger partial charge on any atom is -0.377 e. The zero-order valence-electron chi connectivity index (χ0n) is 17.9. The van der Waals surface area contributed by atoms with E-state index in [-0.39, 0.29) is 0 Å². The van der Waals surface area contributed by atoms with Crippen molar-refractivity contribution in [3.63, 3.8) is 0 Å². The molecule has 0 saturated carbocycles. The summed E-state index contributed by atoms with van der Waals surface area (Å²) in [6, 6.07) is 8.19. The van der Waals surface area contributed by atoms with Crippen LogP contribution < -0.4 is 0 Å². The summed E-state index contributed by atoms with van der Waals surface area (Å²) in [5.74, 6) is 7.80. The predicted octanol–water partition coefficient (Wildman–Crippen LogP) is 3.36.